The molecule has 1 heterocycles. The Morgan fingerprint density at radius 3 is 2.62 bits per heavy atom. The second-order valence-electron chi connectivity index (χ2n) is 5.23. The normalized spacial score (nSPS) is 10.9. The Balaban J connectivity index is 2.14. The molecule has 0 aliphatic carbocycles. The van der Waals surface area contributed by atoms with Crippen LogP contribution in [0.2, 0.25) is 0 Å². The molecule has 0 aliphatic heterocycles. The van der Waals surface area contributed by atoms with Crippen molar-refractivity contribution in [2.45, 2.75) is 26.2 Å². The molecule has 3 rings (SSSR count). The van der Waals surface area contributed by atoms with Gasteiger partial charge in [-0.3, -0.25) is 0 Å². The quantitative estimate of drug-likeness (QED) is 0.717. The monoisotopic (exact) mass is 277 g/mol. The maximum absolute atomic E-state index is 11.8. The number of benzene rings is 2. The predicted molar refractivity (Wildman–Crippen MR) is 84.6 cm³/mol. The fourth-order valence-electron chi connectivity index (χ4n) is 2.78. The molecular weight excluding hydrogens is 260 g/mol. The van der Waals surface area contributed by atoms with Crippen molar-refractivity contribution in [3.63, 3.8) is 0 Å². The first kappa shape index (κ1) is 13.6. The van der Waals surface area contributed by atoms with Crippen LogP contribution >= 0.6 is 0 Å². The Hall–Kier alpha value is -2.35. The van der Waals surface area contributed by atoms with Gasteiger partial charge < -0.3 is 4.42 Å². The van der Waals surface area contributed by atoms with Crippen molar-refractivity contribution in [3.05, 3.63) is 81.9 Å². The minimum absolute atomic E-state index is 0.309. The zero-order valence-corrected chi connectivity index (χ0v) is 12.1. The maximum atomic E-state index is 11.8. The Labute approximate surface area is 124 Å². The topological polar surface area (TPSA) is 30.2 Å². The first-order valence-electron chi connectivity index (χ1n) is 7.28. The van der Waals surface area contributed by atoms with Gasteiger partial charge in [0.25, 0.3) is 0 Å². The first-order valence-corrected chi connectivity index (χ1v) is 7.28. The highest BCUT2D eigenvalue weighted by Gasteiger charge is 2.10. The van der Waals surface area contributed by atoms with Crippen molar-refractivity contribution in [1.82, 2.24) is 0 Å². The molecule has 0 saturated carbocycles. The van der Waals surface area contributed by atoms with Crippen molar-refractivity contribution in [3.8, 4) is 0 Å². The second-order valence-corrected chi connectivity index (χ2v) is 5.23. The van der Waals surface area contributed by atoms with Crippen LogP contribution < -0.4 is 5.63 Å². The zero-order chi connectivity index (χ0) is 14.7. The fourth-order valence-corrected chi connectivity index (χ4v) is 2.78. The summed E-state index contributed by atoms with van der Waals surface area (Å²) in [6, 6.07) is 16.1. The van der Waals surface area contributed by atoms with E-state index in [1.54, 1.807) is 6.07 Å². The summed E-state index contributed by atoms with van der Waals surface area (Å²) in [5, 5.41) is 1.62. The van der Waals surface area contributed by atoms with Gasteiger partial charge in [-0.1, -0.05) is 49.7 Å². The molecular formula is C19H17O2. The van der Waals surface area contributed by atoms with Crippen molar-refractivity contribution in [2.24, 2.45) is 0 Å². The molecule has 0 bridgehead atoms. The van der Waals surface area contributed by atoms with Crippen LogP contribution in [0.4, 0.5) is 0 Å². The van der Waals surface area contributed by atoms with Crippen LogP contribution in [0.3, 0.4) is 0 Å². The minimum Gasteiger partial charge on any atom is -0.419 e. The van der Waals surface area contributed by atoms with Gasteiger partial charge in [-0.25, -0.2) is 4.79 Å². The van der Waals surface area contributed by atoms with E-state index in [4.69, 9.17) is 4.42 Å². The lowest BCUT2D eigenvalue weighted by Gasteiger charge is -2.12. The van der Waals surface area contributed by atoms with Crippen LogP contribution in [0.15, 0.2) is 57.7 Å². The second kappa shape index (κ2) is 5.96. The van der Waals surface area contributed by atoms with E-state index < -0.39 is 0 Å². The van der Waals surface area contributed by atoms with E-state index in [0.29, 0.717) is 5.39 Å². The molecule has 1 radical (unpaired) electrons. The Kier molecular flexibility index (Phi) is 3.87. The smallest absolute Gasteiger partial charge is 0.344 e. The molecule has 0 saturated heterocycles. The average molecular weight is 277 g/mol. The van der Waals surface area contributed by atoms with E-state index in [9.17, 15) is 4.79 Å². The lowest BCUT2D eigenvalue weighted by molar-refractivity contribution is 0.510. The van der Waals surface area contributed by atoms with Crippen LogP contribution in [0.5, 0.6) is 0 Å². The summed E-state index contributed by atoms with van der Waals surface area (Å²) in [7, 11) is 0. The number of hydrogen-bond donors (Lipinski definition) is 0. The molecule has 2 heteroatoms. The highest BCUT2D eigenvalue weighted by molar-refractivity contribution is 5.85. The van der Waals surface area contributed by atoms with Gasteiger partial charge >= 0.3 is 5.63 Å². The Bertz CT molecular complexity index is 801. The van der Waals surface area contributed by atoms with Gasteiger partial charge in [0.1, 0.15) is 0 Å². The molecule has 3 aromatic rings. The van der Waals surface area contributed by atoms with Crippen LogP contribution in [-0.2, 0) is 12.8 Å². The van der Waals surface area contributed by atoms with Crippen LogP contribution in [-0.4, -0.2) is 0 Å². The zero-order valence-electron chi connectivity index (χ0n) is 12.1. The molecule has 21 heavy (non-hydrogen) atoms. The van der Waals surface area contributed by atoms with Crippen LogP contribution in [0.25, 0.3) is 10.8 Å². The van der Waals surface area contributed by atoms with E-state index >= 15 is 0 Å². The van der Waals surface area contributed by atoms with Gasteiger partial charge in [-0.05, 0) is 47.1 Å². The van der Waals surface area contributed by atoms with Gasteiger partial charge in [0.05, 0.1) is 5.39 Å². The first-order chi connectivity index (χ1) is 10.3. The van der Waals surface area contributed by atoms with Gasteiger partial charge in [-0.15, -0.1) is 0 Å². The van der Waals surface area contributed by atoms with Crippen molar-refractivity contribution < 1.29 is 4.42 Å². The Morgan fingerprint density at radius 2 is 1.86 bits per heavy atom. The number of rotatable bonds is 4. The number of fused-ring (bicyclic) bond motifs is 1. The van der Waals surface area contributed by atoms with E-state index in [1.807, 2.05) is 12.1 Å². The number of hydrogen-bond acceptors (Lipinski definition) is 2. The summed E-state index contributed by atoms with van der Waals surface area (Å²) in [6.07, 6.45) is 5.49. The molecule has 0 unspecified atom stereocenters. The third-order valence-corrected chi connectivity index (χ3v) is 3.77. The van der Waals surface area contributed by atoms with Gasteiger partial charge in [-0.2, -0.15) is 0 Å². The van der Waals surface area contributed by atoms with Gasteiger partial charge in [0.2, 0.25) is 0 Å². The summed E-state index contributed by atoms with van der Waals surface area (Å²) < 4.78 is 4.85. The largest absolute Gasteiger partial charge is 0.419 e. The molecule has 105 valence electrons. The molecule has 1 aromatic heterocycles. The Morgan fingerprint density at radius 1 is 1.05 bits per heavy atom. The van der Waals surface area contributed by atoms with Crippen LogP contribution in [0, 0.1) is 6.26 Å². The fraction of sp³-hybridized carbons (Fsp3) is 0.211. The molecule has 0 atom stereocenters. The summed E-state index contributed by atoms with van der Waals surface area (Å²) in [5.74, 6) is 0. The van der Waals surface area contributed by atoms with Crippen molar-refractivity contribution >= 4 is 10.8 Å². The third-order valence-electron chi connectivity index (χ3n) is 3.77. The molecule has 0 spiro atoms. The SMILES string of the molecule is CCCc1c(Cc2ccccc2)ccc2c(=O)o[c]cc12. The molecule has 2 aromatic carbocycles. The van der Waals surface area contributed by atoms with Crippen LogP contribution in [0.1, 0.15) is 30.0 Å². The summed E-state index contributed by atoms with van der Waals surface area (Å²) in [6.45, 7) is 2.15. The highest BCUT2D eigenvalue weighted by atomic mass is 16.4. The molecule has 0 fully saturated rings. The summed E-state index contributed by atoms with van der Waals surface area (Å²) >= 11 is 0. The molecule has 0 amide bonds. The van der Waals surface area contributed by atoms with E-state index in [-0.39, 0.29) is 5.63 Å². The third kappa shape index (κ3) is 2.75. The molecule has 0 N–H and O–H groups in total. The van der Waals surface area contributed by atoms with Crippen molar-refractivity contribution in [1.29, 1.82) is 0 Å². The lowest BCUT2D eigenvalue weighted by Crippen LogP contribution is -2.03. The standard InChI is InChI=1S/C19H17O2/c1-2-6-16-15(13-14-7-4-3-5-8-14)9-10-18-17(16)11-12-21-19(18)20/h3-5,7-11H,2,6,13H2,1H3. The maximum Gasteiger partial charge on any atom is 0.344 e. The average Bonchev–Trinajstić information content (AvgIpc) is 2.51. The molecule has 0 aliphatic rings. The minimum atomic E-state index is -0.309. The number of aryl methyl sites for hydroxylation is 1. The van der Waals surface area contributed by atoms with Crippen molar-refractivity contribution in [2.75, 3.05) is 0 Å². The van der Waals surface area contributed by atoms with E-state index in [0.717, 1.165) is 24.6 Å². The van der Waals surface area contributed by atoms with E-state index in [2.05, 4.69) is 43.5 Å². The summed E-state index contributed by atoms with van der Waals surface area (Å²) in [4.78, 5) is 11.8. The van der Waals surface area contributed by atoms with Gasteiger partial charge in [0.15, 0.2) is 6.26 Å². The van der Waals surface area contributed by atoms with Gasteiger partial charge in [0, 0.05) is 0 Å². The lowest BCUT2D eigenvalue weighted by atomic mass is 9.93. The molecule has 2 nitrogen and oxygen atoms in total. The van der Waals surface area contributed by atoms with E-state index in [1.165, 1.54) is 16.7 Å². The summed E-state index contributed by atoms with van der Waals surface area (Å²) in [5.41, 5.74) is 3.48. The predicted octanol–water partition coefficient (Wildman–Crippen LogP) is 4.14. The highest BCUT2D eigenvalue weighted by Crippen LogP contribution is 2.24.